The molecular formula is C12H20N6O10. The molecule has 16 nitrogen and oxygen atoms in total. The van der Waals surface area contributed by atoms with Crippen molar-refractivity contribution in [3.63, 3.8) is 0 Å². The summed E-state index contributed by atoms with van der Waals surface area (Å²) in [5.74, 6) is -3.01. The van der Waals surface area contributed by atoms with Crippen LogP contribution in [0, 0.1) is 0 Å². The molecule has 0 aromatic carbocycles. The Balaban J connectivity index is 2.38. The summed E-state index contributed by atoms with van der Waals surface area (Å²) in [4.78, 5) is 4.89. The van der Waals surface area contributed by atoms with Crippen LogP contribution < -0.4 is 0 Å². The third kappa shape index (κ3) is 4.13. The van der Waals surface area contributed by atoms with Crippen molar-refractivity contribution < 1.29 is 50.0 Å². The summed E-state index contributed by atoms with van der Waals surface area (Å²) in [5, 5.41) is 75.5. The summed E-state index contributed by atoms with van der Waals surface area (Å²) >= 11 is 0. The number of hydrogen-bond donors (Lipinski definition) is 7. The molecule has 0 unspecified atom stereocenters. The number of aliphatic hydroxyl groups is 7. The van der Waals surface area contributed by atoms with Gasteiger partial charge in [0, 0.05) is 9.82 Å². The van der Waals surface area contributed by atoms with Gasteiger partial charge in [0.05, 0.1) is 25.4 Å². The molecule has 28 heavy (non-hydrogen) atoms. The van der Waals surface area contributed by atoms with Gasteiger partial charge in [-0.1, -0.05) is 10.2 Å². The molecule has 2 heterocycles. The van der Waals surface area contributed by atoms with Crippen LogP contribution in [0.1, 0.15) is 0 Å². The standard InChI is InChI=1S/C12H20N6O10/c13-17-15-5-8(23)6(21)3(1-19)26-11(5)28-12(25)10(16-18-14)9(24)7(22)4(2-20)27-12/h3-11,19-25H,1-2H2/t3-,4-,5+,6-,7+,8-,9+,10+,11-,12+/m1/s1. The second-order valence-corrected chi connectivity index (χ2v) is 6.12. The van der Waals surface area contributed by atoms with Crippen LogP contribution in [0.25, 0.3) is 20.9 Å². The molecule has 158 valence electrons. The Morgan fingerprint density at radius 1 is 0.893 bits per heavy atom. The molecule has 10 atom stereocenters. The van der Waals surface area contributed by atoms with Crippen molar-refractivity contribution in [3.05, 3.63) is 20.9 Å². The molecule has 16 heteroatoms. The second-order valence-electron chi connectivity index (χ2n) is 6.12. The molecule has 0 aromatic rings. The number of aliphatic hydroxyl groups excluding tert-OH is 6. The summed E-state index contributed by atoms with van der Waals surface area (Å²) in [6, 6.07) is -3.62. The fourth-order valence-corrected chi connectivity index (χ4v) is 2.93. The van der Waals surface area contributed by atoms with Crippen molar-refractivity contribution in [2.24, 2.45) is 10.2 Å². The van der Waals surface area contributed by atoms with Gasteiger partial charge in [-0.3, -0.25) is 4.74 Å². The Labute approximate surface area is 156 Å². The van der Waals surface area contributed by atoms with Gasteiger partial charge in [-0.2, -0.15) is 0 Å². The van der Waals surface area contributed by atoms with E-state index < -0.39 is 74.2 Å². The maximum atomic E-state index is 10.7. The summed E-state index contributed by atoms with van der Waals surface area (Å²) in [6.45, 7) is -1.67. The number of azide groups is 2. The van der Waals surface area contributed by atoms with E-state index in [4.69, 9.17) is 25.3 Å². The minimum Gasteiger partial charge on any atom is -0.394 e. The summed E-state index contributed by atoms with van der Waals surface area (Å²) in [6.07, 6.45) is -12.0. The van der Waals surface area contributed by atoms with E-state index in [0.29, 0.717) is 0 Å². The van der Waals surface area contributed by atoms with Gasteiger partial charge in [0.1, 0.15) is 36.5 Å². The van der Waals surface area contributed by atoms with Crippen LogP contribution in [0.3, 0.4) is 0 Å². The van der Waals surface area contributed by atoms with Crippen molar-refractivity contribution >= 4 is 0 Å². The first-order valence-corrected chi connectivity index (χ1v) is 7.99. The smallest absolute Gasteiger partial charge is 0.294 e. The Bertz CT molecular complexity index is 644. The van der Waals surface area contributed by atoms with Crippen molar-refractivity contribution in [1.82, 2.24) is 0 Å². The first-order valence-electron chi connectivity index (χ1n) is 7.99. The van der Waals surface area contributed by atoms with Gasteiger partial charge in [-0.15, -0.1) is 0 Å². The lowest BCUT2D eigenvalue weighted by atomic mass is 9.95. The Morgan fingerprint density at radius 3 is 2.00 bits per heavy atom. The molecule has 7 N–H and O–H groups in total. The molecule has 2 aliphatic rings. The third-order valence-electron chi connectivity index (χ3n) is 4.42. The zero-order chi connectivity index (χ0) is 21.1. The first kappa shape index (κ1) is 22.5. The van der Waals surface area contributed by atoms with Gasteiger partial charge in [-0.25, -0.2) is 0 Å². The Morgan fingerprint density at radius 2 is 1.46 bits per heavy atom. The molecule has 2 rings (SSSR count). The number of rotatable bonds is 6. The molecule has 0 spiro atoms. The Hall–Kier alpha value is -1.78. The molecule has 2 aliphatic heterocycles. The molecule has 0 aromatic heterocycles. The van der Waals surface area contributed by atoms with Crippen LogP contribution in [0.5, 0.6) is 0 Å². The largest absolute Gasteiger partial charge is 0.394 e. The number of ether oxygens (including phenoxy) is 3. The van der Waals surface area contributed by atoms with Gasteiger partial charge >= 0.3 is 0 Å². The van der Waals surface area contributed by atoms with E-state index in [1.165, 1.54) is 0 Å². The van der Waals surface area contributed by atoms with Crippen LogP contribution in [0.2, 0.25) is 0 Å². The number of nitrogens with zero attached hydrogens (tertiary/aromatic N) is 6. The first-order chi connectivity index (χ1) is 13.2. The lowest BCUT2D eigenvalue weighted by Crippen LogP contribution is -2.68. The monoisotopic (exact) mass is 408 g/mol. The van der Waals surface area contributed by atoms with E-state index in [1.54, 1.807) is 0 Å². The second kappa shape index (κ2) is 9.15. The summed E-state index contributed by atoms with van der Waals surface area (Å²) in [7, 11) is 0. The average Bonchev–Trinajstić information content (AvgIpc) is 2.67. The minimum atomic E-state index is -3.01. The van der Waals surface area contributed by atoms with Crippen molar-refractivity contribution in [2.75, 3.05) is 13.2 Å². The minimum absolute atomic E-state index is 0.791. The fourth-order valence-electron chi connectivity index (χ4n) is 2.93. The van der Waals surface area contributed by atoms with Crippen molar-refractivity contribution in [2.45, 2.75) is 61.0 Å². The van der Waals surface area contributed by atoms with Gasteiger partial charge in [0.2, 0.25) is 0 Å². The van der Waals surface area contributed by atoms with E-state index >= 15 is 0 Å². The maximum absolute atomic E-state index is 10.7. The topological polar surface area (TPSA) is 267 Å². The van der Waals surface area contributed by atoms with Crippen LogP contribution in [-0.2, 0) is 14.2 Å². The van der Waals surface area contributed by atoms with Gasteiger partial charge < -0.3 is 45.2 Å². The SMILES string of the molecule is [N-]=[N+]=N[C@@H]1[C@@H](O[C@@]2(O)O[C@H](CO)[C@H](O)[C@H](O)[C@@H]2N=[N+]=[N-])O[C@H](CO)[C@@H](O)[C@@H]1O. The van der Waals surface area contributed by atoms with Crippen LogP contribution >= 0.6 is 0 Å². The zero-order valence-corrected chi connectivity index (χ0v) is 14.1. The van der Waals surface area contributed by atoms with Crippen molar-refractivity contribution in [3.8, 4) is 0 Å². The summed E-state index contributed by atoms with van der Waals surface area (Å²) in [5.41, 5.74) is 17.3. The van der Waals surface area contributed by atoms with Gasteiger partial charge in [-0.05, 0) is 11.1 Å². The average molecular weight is 408 g/mol. The highest BCUT2D eigenvalue weighted by atomic mass is 16.9. The molecule has 2 fully saturated rings. The molecule has 2 saturated heterocycles. The normalized spacial score (nSPS) is 46.3. The molecule has 0 radical (unpaired) electrons. The van der Waals surface area contributed by atoms with Gasteiger partial charge in [0.25, 0.3) is 5.97 Å². The Kier molecular flexibility index (Phi) is 7.35. The molecular weight excluding hydrogens is 388 g/mol. The van der Waals surface area contributed by atoms with Crippen molar-refractivity contribution in [1.29, 1.82) is 0 Å². The highest BCUT2D eigenvalue weighted by Crippen LogP contribution is 2.35. The van der Waals surface area contributed by atoms with E-state index in [1.807, 2.05) is 0 Å². The van der Waals surface area contributed by atoms with Crippen LogP contribution in [-0.4, -0.2) is 110 Å². The highest BCUT2D eigenvalue weighted by molar-refractivity contribution is 4.99. The third-order valence-corrected chi connectivity index (χ3v) is 4.42. The predicted octanol–water partition coefficient (Wildman–Crippen LogP) is -3.44. The molecule has 0 amide bonds. The van der Waals surface area contributed by atoms with E-state index in [0.717, 1.165) is 0 Å². The maximum Gasteiger partial charge on any atom is 0.294 e. The predicted molar refractivity (Wildman–Crippen MR) is 83.6 cm³/mol. The number of hydrogen-bond acceptors (Lipinski definition) is 12. The van der Waals surface area contributed by atoms with E-state index in [9.17, 15) is 35.7 Å². The van der Waals surface area contributed by atoms with Crippen LogP contribution in [0.4, 0.5) is 0 Å². The lowest BCUT2D eigenvalue weighted by molar-refractivity contribution is -0.462. The van der Waals surface area contributed by atoms with E-state index in [-0.39, 0.29) is 0 Å². The highest BCUT2D eigenvalue weighted by Gasteiger charge is 2.57. The van der Waals surface area contributed by atoms with Crippen LogP contribution in [0.15, 0.2) is 10.2 Å². The quantitative estimate of drug-likeness (QED) is 0.0988. The molecule has 0 bridgehead atoms. The zero-order valence-electron chi connectivity index (χ0n) is 14.1. The molecule has 0 saturated carbocycles. The summed E-state index contributed by atoms with van der Waals surface area (Å²) < 4.78 is 15.4. The lowest BCUT2D eigenvalue weighted by Gasteiger charge is -2.48. The molecule has 0 aliphatic carbocycles. The van der Waals surface area contributed by atoms with E-state index in [2.05, 4.69) is 20.1 Å². The van der Waals surface area contributed by atoms with Gasteiger partial charge in [0.15, 0.2) is 6.29 Å². The fraction of sp³-hybridized carbons (Fsp3) is 1.00.